The van der Waals surface area contributed by atoms with Crippen LogP contribution in [0, 0.1) is 0 Å². The number of H-pyrrole nitrogens is 1. The van der Waals surface area contributed by atoms with E-state index in [2.05, 4.69) is 28.9 Å². The molecule has 0 fully saturated rings. The van der Waals surface area contributed by atoms with Gasteiger partial charge in [-0.3, -0.25) is 5.10 Å². The van der Waals surface area contributed by atoms with Crippen molar-refractivity contribution in [2.75, 3.05) is 0 Å². The van der Waals surface area contributed by atoms with Crippen LogP contribution in [0.3, 0.4) is 0 Å². The molecule has 1 heterocycles. The Kier molecular flexibility index (Phi) is 1.58. The summed E-state index contributed by atoms with van der Waals surface area (Å²) in [5.74, 6) is 0.767. The van der Waals surface area contributed by atoms with Crippen LogP contribution >= 0.6 is 12.6 Å². The van der Waals surface area contributed by atoms with Crippen molar-refractivity contribution in [3.63, 3.8) is 0 Å². The van der Waals surface area contributed by atoms with Gasteiger partial charge in [0.15, 0.2) is 0 Å². The van der Waals surface area contributed by atoms with Crippen LogP contribution in [0.2, 0.25) is 0 Å². The molecule has 11 heavy (non-hydrogen) atoms. The predicted molar refractivity (Wildman–Crippen MR) is 48.8 cm³/mol. The Hall–Kier alpha value is -0.960. The number of rotatable bonds is 1. The monoisotopic (exact) mass is 164 g/mol. The lowest BCUT2D eigenvalue weighted by atomic mass is 10.2. The van der Waals surface area contributed by atoms with Gasteiger partial charge in [-0.2, -0.15) is 17.7 Å². The molecule has 0 saturated carbocycles. The fourth-order valence-corrected chi connectivity index (χ4v) is 1.27. The van der Waals surface area contributed by atoms with Gasteiger partial charge < -0.3 is 0 Å². The zero-order valence-corrected chi connectivity index (χ0v) is 6.81. The highest BCUT2D eigenvalue weighted by molar-refractivity contribution is 7.79. The second kappa shape index (κ2) is 2.58. The molecule has 0 spiro atoms. The molecule has 0 atom stereocenters. The molecule has 0 bridgehead atoms. The molecule has 0 unspecified atom stereocenters. The summed E-state index contributed by atoms with van der Waals surface area (Å²) in [6, 6.07) is 6.15. The molecule has 0 saturated heterocycles. The molecule has 1 aromatic heterocycles. The van der Waals surface area contributed by atoms with Gasteiger partial charge in [-0.1, -0.05) is 12.1 Å². The van der Waals surface area contributed by atoms with Crippen molar-refractivity contribution in [3.8, 4) is 0 Å². The van der Waals surface area contributed by atoms with E-state index >= 15 is 0 Å². The van der Waals surface area contributed by atoms with Crippen LogP contribution in [-0.4, -0.2) is 10.2 Å². The summed E-state index contributed by atoms with van der Waals surface area (Å²) in [6.07, 6.45) is 1.89. The molecule has 1 aromatic carbocycles. The summed E-state index contributed by atoms with van der Waals surface area (Å²) >= 11 is 4.18. The first kappa shape index (κ1) is 6.73. The number of fused-ring (bicyclic) bond motifs is 1. The molecule has 2 aromatic rings. The van der Waals surface area contributed by atoms with E-state index in [-0.39, 0.29) is 0 Å². The topological polar surface area (TPSA) is 28.7 Å². The molecular weight excluding hydrogens is 156 g/mol. The summed E-state index contributed by atoms with van der Waals surface area (Å²) in [4.78, 5) is 0. The smallest absolute Gasteiger partial charge is 0.0923 e. The lowest BCUT2D eigenvalue weighted by molar-refractivity contribution is 1.12. The Morgan fingerprint density at radius 1 is 1.45 bits per heavy atom. The minimum Gasteiger partial charge on any atom is -0.285 e. The zero-order chi connectivity index (χ0) is 7.68. The average molecular weight is 164 g/mol. The van der Waals surface area contributed by atoms with Crippen LogP contribution in [0.15, 0.2) is 24.4 Å². The molecule has 2 rings (SSSR count). The Morgan fingerprint density at radius 2 is 2.36 bits per heavy atom. The highest BCUT2D eigenvalue weighted by Gasteiger charge is 1.95. The van der Waals surface area contributed by atoms with Crippen molar-refractivity contribution in [2.24, 2.45) is 0 Å². The van der Waals surface area contributed by atoms with Gasteiger partial charge in [-0.25, -0.2) is 0 Å². The van der Waals surface area contributed by atoms with Gasteiger partial charge in [-0.15, -0.1) is 0 Å². The van der Waals surface area contributed by atoms with E-state index in [0.717, 1.165) is 16.7 Å². The predicted octanol–water partition coefficient (Wildman–Crippen LogP) is 1.99. The third-order valence-corrected chi connectivity index (χ3v) is 2.05. The first-order chi connectivity index (χ1) is 5.40. The largest absolute Gasteiger partial charge is 0.285 e. The highest BCUT2D eigenvalue weighted by Crippen LogP contribution is 2.13. The molecule has 0 radical (unpaired) electrons. The molecular formula is C8H8N2S. The van der Waals surface area contributed by atoms with Crippen LogP contribution in [0.4, 0.5) is 0 Å². The van der Waals surface area contributed by atoms with E-state index in [4.69, 9.17) is 0 Å². The quantitative estimate of drug-likeness (QED) is 0.620. The van der Waals surface area contributed by atoms with Crippen LogP contribution in [0.1, 0.15) is 5.56 Å². The summed E-state index contributed by atoms with van der Waals surface area (Å²) in [5.41, 5.74) is 2.21. The molecule has 2 nitrogen and oxygen atoms in total. The van der Waals surface area contributed by atoms with Crippen molar-refractivity contribution >= 4 is 23.5 Å². The number of thiol groups is 1. The van der Waals surface area contributed by atoms with E-state index in [1.54, 1.807) is 0 Å². The van der Waals surface area contributed by atoms with Crippen LogP contribution in [0.25, 0.3) is 10.9 Å². The van der Waals surface area contributed by atoms with Gasteiger partial charge in [0.1, 0.15) is 0 Å². The van der Waals surface area contributed by atoms with Gasteiger partial charge in [0.25, 0.3) is 0 Å². The fourth-order valence-electron chi connectivity index (χ4n) is 1.08. The Labute approximate surface area is 70.0 Å². The van der Waals surface area contributed by atoms with Crippen molar-refractivity contribution in [1.82, 2.24) is 10.2 Å². The van der Waals surface area contributed by atoms with E-state index in [0.29, 0.717) is 0 Å². The van der Waals surface area contributed by atoms with Gasteiger partial charge in [0.05, 0.1) is 5.52 Å². The third kappa shape index (κ3) is 1.12. The number of hydrogen-bond donors (Lipinski definition) is 2. The van der Waals surface area contributed by atoms with Gasteiger partial charge in [0.2, 0.25) is 0 Å². The van der Waals surface area contributed by atoms with Crippen molar-refractivity contribution < 1.29 is 0 Å². The zero-order valence-electron chi connectivity index (χ0n) is 5.91. The molecule has 0 aliphatic heterocycles. The third-order valence-electron chi connectivity index (χ3n) is 1.68. The minimum atomic E-state index is 0.767. The maximum Gasteiger partial charge on any atom is 0.0923 e. The second-order valence-electron chi connectivity index (χ2n) is 2.44. The van der Waals surface area contributed by atoms with Crippen molar-refractivity contribution in [2.45, 2.75) is 5.75 Å². The highest BCUT2D eigenvalue weighted by atomic mass is 32.1. The van der Waals surface area contributed by atoms with E-state index in [9.17, 15) is 0 Å². The number of aromatic nitrogens is 2. The standard InChI is InChI=1S/C8H8N2S/c11-5-6-1-2-7-4-9-10-8(7)3-6/h1-4,11H,5H2,(H,9,10). The van der Waals surface area contributed by atoms with Gasteiger partial charge >= 0.3 is 0 Å². The summed E-state index contributed by atoms with van der Waals surface area (Å²) in [7, 11) is 0. The minimum absolute atomic E-state index is 0.767. The second-order valence-corrected chi connectivity index (χ2v) is 2.75. The summed E-state index contributed by atoms with van der Waals surface area (Å²) in [5, 5.41) is 8.03. The molecule has 56 valence electrons. The SMILES string of the molecule is SCc1ccc2c[nH]nc2c1. The van der Waals surface area contributed by atoms with Crippen molar-refractivity contribution in [3.05, 3.63) is 30.0 Å². The van der Waals surface area contributed by atoms with Crippen LogP contribution in [0.5, 0.6) is 0 Å². The summed E-state index contributed by atoms with van der Waals surface area (Å²) < 4.78 is 0. The van der Waals surface area contributed by atoms with Crippen LogP contribution < -0.4 is 0 Å². The molecule has 0 aliphatic rings. The van der Waals surface area contributed by atoms with E-state index in [1.165, 1.54) is 5.56 Å². The molecule has 1 N–H and O–H groups in total. The fraction of sp³-hybridized carbons (Fsp3) is 0.125. The maximum atomic E-state index is 4.18. The maximum absolute atomic E-state index is 4.18. The molecule has 0 amide bonds. The first-order valence-electron chi connectivity index (χ1n) is 3.43. The summed E-state index contributed by atoms with van der Waals surface area (Å²) in [6.45, 7) is 0. The normalized spacial score (nSPS) is 10.6. The average Bonchev–Trinajstić information content (AvgIpc) is 2.50. The van der Waals surface area contributed by atoms with Crippen LogP contribution in [-0.2, 0) is 5.75 Å². The van der Waals surface area contributed by atoms with E-state index in [1.807, 2.05) is 18.3 Å². The number of nitrogens with zero attached hydrogens (tertiary/aromatic N) is 1. The molecule has 3 heteroatoms. The van der Waals surface area contributed by atoms with E-state index < -0.39 is 0 Å². The number of hydrogen-bond acceptors (Lipinski definition) is 2. The number of nitrogens with one attached hydrogen (secondary N) is 1. The number of benzene rings is 1. The molecule has 0 aliphatic carbocycles. The Bertz CT molecular complexity index is 367. The van der Waals surface area contributed by atoms with Gasteiger partial charge in [0, 0.05) is 17.3 Å². The Morgan fingerprint density at radius 3 is 3.18 bits per heavy atom. The lowest BCUT2D eigenvalue weighted by Crippen LogP contribution is -1.76. The number of aromatic amines is 1. The lowest BCUT2D eigenvalue weighted by Gasteiger charge is -1.92. The first-order valence-corrected chi connectivity index (χ1v) is 4.06. The van der Waals surface area contributed by atoms with Crippen molar-refractivity contribution in [1.29, 1.82) is 0 Å². The Balaban J connectivity index is 2.67. The van der Waals surface area contributed by atoms with Gasteiger partial charge in [-0.05, 0) is 11.6 Å².